The first kappa shape index (κ1) is 16.1. The van der Waals surface area contributed by atoms with Gasteiger partial charge < -0.3 is 9.80 Å². The number of anilines is 1. The van der Waals surface area contributed by atoms with E-state index in [1.54, 1.807) is 16.0 Å². The Morgan fingerprint density at radius 1 is 1.33 bits per heavy atom. The zero-order valence-corrected chi connectivity index (χ0v) is 14.0. The van der Waals surface area contributed by atoms with E-state index in [1.165, 1.54) is 12.3 Å². The first-order valence-electron chi connectivity index (χ1n) is 7.80. The largest absolute Gasteiger partial charge is 0.348 e. The summed E-state index contributed by atoms with van der Waals surface area (Å²) in [6.45, 7) is 2.97. The van der Waals surface area contributed by atoms with Crippen molar-refractivity contribution in [3.05, 3.63) is 45.9 Å². The quantitative estimate of drug-likeness (QED) is 0.885. The number of nitrogens with zero attached hydrogens (tertiary/aromatic N) is 5. The van der Waals surface area contributed by atoms with Gasteiger partial charge in [-0.15, -0.1) is 0 Å². The molecule has 0 radical (unpaired) electrons. The molecule has 3 rings (SSSR count). The molecule has 24 heavy (non-hydrogen) atoms. The standard InChI is InChI=1S/C16H20N6O2/c1-10-7-18-13(8-17-10)15(24)22-5-4-11(9-22)12-6-14(23)20-16(19-12)21(2)3/h6-8,11H,4-5,9H2,1-3H3,(H,19,20,23)/t11-/m0/s1. The maximum Gasteiger partial charge on any atom is 0.274 e. The van der Waals surface area contributed by atoms with Gasteiger partial charge in [-0.25, -0.2) is 9.97 Å². The minimum atomic E-state index is -0.183. The highest BCUT2D eigenvalue weighted by Crippen LogP contribution is 2.26. The van der Waals surface area contributed by atoms with Crippen LogP contribution in [-0.4, -0.2) is 57.9 Å². The minimum Gasteiger partial charge on any atom is -0.348 e. The van der Waals surface area contributed by atoms with Crippen molar-refractivity contribution in [3.8, 4) is 0 Å². The molecule has 0 spiro atoms. The predicted octanol–water partition coefficient (Wildman–Crippen LogP) is 0.564. The normalized spacial score (nSPS) is 17.1. The number of aryl methyl sites for hydroxylation is 1. The van der Waals surface area contributed by atoms with E-state index in [2.05, 4.69) is 19.9 Å². The van der Waals surface area contributed by atoms with Crippen LogP contribution in [0.15, 0.2) is 23.3 Å². The number of H-pyrrole nitrogens is 1. The van der Waals surface area contributed by atoms with Gasteiger partial charge in [0.05, 0.1) is 17.6 Å². The Hall–Kier alpha value is -2.77. The molecule has 0 aliphatic carbocycles. The van der Waals surface area contributed by atoms with Gasteiger partial charge in [0, 0.05) is 45.4 Å². The van der Waals surface area contributed by atoms with Gasteiger partial charge in [0.1, 0.15) is 5.69 Å². The van der Waals surface area contributed by atoms with Crippen molar-refractivity contribution in [2.45, 2.75) is 19.3 Å². The molecule has 3 heterocycles. The summed E-state index contributed by atoms with van der Waals surface area (Å²) in [5.41, 5.74) is 1.65. The summed E-state index contributed by atoms with van der Waals surface area (Å²) in [6.07, 6.45) is 3.86. The third kappa shape index (κ3) is 3.27. The van der Waals surface area contributed by atoms with Crippen molar-refractivity contribution in [1.82, 2.24) is 24.8 Å². The summed E-state index contributed by atoms with van der Waals surface area (Å²) in [7, 11) is 3.64. The maximum absolute atomic E-state index is 12.5. The summed E-state index contributed by atoms with van der Waals surface area (Å²) in [5.74, 6) is 0.433. The van der Waals surface area contributed by atoms with Gasteiger partial charge in [0.15, 0.2) is 0 Å². The molecule has 1 amide bonds. The summed E-state index contributed by atoms with van der Waals surface area (Å²) >= 11 is 0. The lowest BCUT2D eigenvalue weighted by atomic mass is 10.1. The number of carbonyl (C=O) groups is 1. The fraction of sp³-hybridized carbons (Fsp3) is 0.438. The third-order valence-electron chi connectivity index (χ3n) is 4.07. The SMILES string of the molecule is Cc1cnc(C(=O)N2CC[C@H](c3cc(=O)[nH]c(N(C)C)n3)C2)cn1. The predicted molar refractivity (Wildman–Crippen MR) is 89.2 cm³/mol. The van der Waals surface area contributed by atoms with Crippen molar-refractivity contribution in [2.75, 3.05) is 32.1 Å². The number of rotatable bonds is 3. The van der Waals surface area contributed by atoms with Crippen LogP contribution in [0.4, 0.5) is 5.95 Å². The van der Waals surface area contributed by atoms with Crippen molar-refractivity contribution in [1.29, 1.82) is 0 Å². The fourth-order valence-electron chi connectivity index (χ4n) is 2.74. The molecule has 0 aromatic carbocycles. The Morgan fingerprint density at radius 3 is 2.79 bits per heavy atom. The van der Waals surface area contributed by atoms with Gasteiger partial charge in [-0.3, -0.25) is 19.6 Å². The van der Waals surface area contributed by atoms with Gasteiger partial charge in [0.25, 0.3) is 11.5 Å². The fourth-order valence-corrected chi connectivity index (χ4v) is 2.74. The molecular weight excluding hydrogens is 308 g/mol. The Bertz CT molecular complexity index is 799. The van der Waals surface area contributed by atoms with Gasteiger partial charge in [-0.05, 0) is 13.3 Å². The second-order valence-corrected chi connectivity index (χ2v) is 6.17. The molecule has 0 bridgehead atoms. The highest BCUT2D eigenvalue weighted by Gasteiger charge is 2.30. The van der Waals surface area contributed by atoms with E-state index in [9.17, 15) is 9.59 Å². The molecule has 1 aliphatic rings. The lowest BCUT2D eigenvalue weighted by Crippen LogP contribution is -2.29. The number of aromatic amines is 1. The molecule has 8 heteroatoms. The summed E-state index contributed by atoms with van der Waals surface area (Å²) in [4.78, 5) is 43.3. The number of nitrogens with one attached hydrogen (secondary N) is 1. The van der Waals surface area contributed by atoms with Crippen LogP contribution >= 0.6 is 0 Å². The second-order valence-electron chi connectivity index (χ2n) is 6.17. The van der Waals surface area contributed by atoms with E-state index in [4.69, 9.17) is 0 Å². The molecule has 2 aromatic rings. The van der Waals surface area contributed by atoms with E-state index in [1.807, 2.05) is 21.0 Å². The van der Waals surface area contributed by atoms with Gasteiger partial charge >= 0.3 is 0 Å². The summed E-state index contributed by atoms with van der Waals surface area (Å²) in [6, 6.07) is 1.51. The molecule has 126 valence electrons. The monoisotopic (exact) mass is 328 g/mol. The smallest absolute Gasteiger partial charge is 0.274 e. The van der Waals surface area contributed by atoms with Crippen LogP contribution in [0.3, 0.4) is 0 Å². The van der Waals surface area contributed by atoms with Crippen LogP contribution < -0.4 is 10.5 Å². The lowest BCUT2D eigenvalue weighted by molar-refractivity contribution is 0.0784. The Balaban J connectivity index is 1.77. The van der Waals surface area contributed by atoms with Crippen LogP contribution in [0.25, 0.3) is 0 Å². The van der Waals surface area contributed by atoms with E-state index in [0.717, 1.165) is 12.1 Å². The van der Waals surface area contributed by atoms with E-state index < -0.39 is 0 Å². The first-order chi connectivity index (χ1) is 11.4. The molecule has 1 atom stereocenters. The molecule has 1 N–H and O–H groups in total. The topological polar surface area (TPSA) is 95.1 Å². The first-order valence-corrected chi connectivity index (χ1v) is 7.80. The van der Waals surface area contributed by atoms with Crippen molar-refractivity contribution in [3.63, 3.8) is 0 Å². The number of aromatic nitrogens is 4. The minimum absolute atomic E-state index is 0.0494. The van der Waals surface area contributed by atoms with Crippen LogP contribution in [0, 0.1) is 6.92 Å². The van der Waals surface area contributed by atoms with Gasteiger partial charge in [0.2, 0.25) is 5.95 Å². The number of likely N-dealkylation sites (tertiary alicyclic amines) is 1. The molecule has 8 nitrogen and oxygen atoms in total. The van der Waals surface area contributed by atoms with Crippen LogP contribution in [-0.2, 0) is 0 Å². The molecule has 0 saturated carbocycles. The lowest BCUT2D eigenvalue weighted by Gasteiger charge is -2.17. The second kappa shape index (κ2) is 6.38. The van der Waals surface area contributed by atoms with Crippen LogP contribution in [0.5, 0.6) is 0 Å². The van der Waals surface area contributed by atoms with Gasteiger partial charge in [-0.1, -0.05) is 0 Å². The molecule has 1 aliphatic heterocycles. The van der Waals surface area contributed by atoms with Gasteiger partial charge in [-0.2, -0.15) is 0 Å². The number of hydrogen-bond acceptors (Lipinski definition) is 6. The zero-order valence-electron chi connectivity index (χ0n) is 14.0. The Labute approximate surface area is 139 Å². The highest BCUT2D eigenvalue weighted by atomic mass is 16.2. The number of hydrogen-bond donors (Lipinski definition) is 1. The summed E-state index contributed by atoms with van der Waals surface area (Å²) < 4.78 is 0. The Kier molecular flexibility index (Phi) is 4.28. The molecule has 1 saturated heterocycles. The van der Waals surface area contributed by atoms with Crippen molar-refractivity contribution < 1.29 is 4.79 Å². The molecule has 0 unspecified atom stereocenters. The molecular formula is C16H20N6O2. The number of amides is 1. The average molecular weight is 328 g/mol. The van der Waals surface area contributed by atoms with Crippen molar-refractivity contribution >= 4 is 11.9 Å². The van der Waals surface area contributed by atoms with E-state index >= 15 is 0 Å². The number of carbonyl (C=O) groups excluding carboxylic acids is 1. The van der Waals surface area contributed by atoms with Crippen LogP contribution in [0.2, 0.25) is 0 Å². The summed E-state index contributed by atoms with van der Waals surface area (Å²) in [5, 5.41) is 0. The van der Waals surface area contributed by atoms with Crippen molar-refractivity contribution in [2.24, 2.45) is 0 Å². The van der Waals surface area contributed by atoms with E-state index in [-0.39, 0.29) is 17.4 Å². The zero-order chi connectivity index (χ0) is 17.3. The highest BCUT2D eigenvalue weighted by molar-refractivity contribution is 5.92. The van der Waals surface area contributed by atoms with Crippen LogP contribution in [0.1, 0.15) is 34.2 Å². The molecule has 1 fully saturated rings. The Morgan fingerprint density at radius 2 is 2.12 bits per heavy atom. The molecule has 2 aromatic heterocycles. The average Bonchev–Trinajstić information content (AvgIpc) is 3.04. The maximum atomic E-state index is 12.5. The third-order valence-corrected chi connectivity index (χ3v) is 4.07. The van der Waals surface area contributed by atoms with E-state index in [0.29, 0.717) is 30.4 Å².